The summed E-state index contributed by atoms with van der Waals surface area (Å²) >= 11 is 0. The van der Waals surface area contributed by atoms with E-state index >= 15 is 0 Å². The minimum atomic E-state index is -3.08. The zero-order valence-electron chi connectivity index (χ0n) is 33.6. The van der Waals surface area contributed by atoms with Crippen molar-refractivity contribution in [3.8, 4) is 5.75 Å². The van der Waals surface area contributed by atoms with Crippen LogP contribution in [0.4, 0.5) is 0 Å². The van der Waals surface area contributed by atoms with Crippen molar-refractivity contribution >= 4 is 47.2 Å². The highest BCUT2D eigenvalue weighted by Crippen LogP contribution is 2.38. The number of ether oxygens (including phenoxy) is 5. The SMILES string of the molecule is COc1cc(C(=O)O[C@H](C(=O)N[C@H](CO)C(=O)N[C@H](CO[Si](c2ccccc2)(c2ccccc2)C(C)(C)C)C(C)(OC)OC)[C@@]2(C)CO2)c2cccc(C)c2c1. The molecule has 1 saturated heterocycles. The minimum Gasteiger partial charge on any atom is -0.497 e. The second kappa shape index (κ2) is 17.2. The van der Waals surface area contributed by atoms with Crippen LogP contribution in [0.1, 0.15) is 50.5 Å². The first-order valence-corrected chi connectivity index (χ1v) is 20.5. The molecule has 0 spiro atoms. The van der Waals surface area contributed by atoms with Gasteiger partial charge < -0.3 is 43.9 Å². The molecule has 1 fully saturated rings. The summed E-state index contributed by atoms with van der Waals surface area (Å²) in [4.78, 5) is 41.8. The first-order chi connectivity index (χ1) is 26.6. The number of hydrogen-bond acceptors (Lipinski definition) is 10. The molecule has 0 aliphatic carbocycles. The number of aliphatic hydroxyl groups excluding tert-OH is 1. The number of esters is 1. The Morgan fingerprint density at radius 3 is 1.93 bits per heavy atom. The fourth-order valence-electron chi connectivity index (χ4n) is 7.06. The largest absolute Gasteiger partial charge is 0.497 e. The lowest BCUT2D eigenvalue weighted by molar-refractivity contribution is -0.217. The van der Waals surface area contributed by atoms with E-state index in [-0.39, 0.29) is 23.8 Å². The molecule has 1 aliphatic heterocycles. The number of aryl methyl sites for hydroxylation is 1. The number of fused-ring (bicyclic) bond motifs is 1. The van der Waals surface area contributed by atoms with E-state index in [0.29, 0.717) is 11.1 Å². The van der Waals surface area contributed by atoms with Gasteiger partial charge in [0, 0.05) is 14.2 Å². The maximum Gasteiger partial charge on any atom is 0.339 e. The van der Waals surface area contributed by atoms with Crippen molar-refractivity contribution in [3.05, 3.63) is 102 Å². The van der Waals surface area contributed by atoms with Gasteiger partial charge in [-0.3, -0.25) is 9.59 Å². The van der Waals surface area contributed by atoms with Crippen LogP contribution in [-0.2, 0) is 33.0 Å². The van der Waals surface area contributed by atoms with Gasteiger partial charge in [-0.15, -0.1) is 0 Å². The van der Waals surface area contributed by atoms with Crippen LogP contribution in [0.3, 0.4) is 0 Å². The molecule has 0 aromatic heterocycles. The lowest BCUT2D eigenvalue weighted by atomic mass is 9.99. The molecule has 13 heteroatoms. The Labute approximate surface area is 329 Å². The van der Waals surface area contributed by atoms with E-state index in [9.17, 15) is 19.5 Å². The van der Waals surface area contributed by atoms with Gasteiger partial charge >= 0.3 is 5.97 Å². The Morgan fingerprint density at radius 2 is 1.43 bits per heavy atom. The van der Waals surface area contributed by atoms with E-state index < -0.39 is 62.3 Å². The maximum atomic E-state index is 14.0. The van der Waals surface area contributed by atoms with Crippen LogP contribution < -0.4 is 25.7 Å². The molecule has 4 aromatic rings. The average molecular weight is 787 g/mol. The van der Waals surface area contributed by atoms with E-state index in [0.717, 1.165) is 21.3 Å². The lowest BCUT2D eigenvalue weighted by Crippen LogP contribution is -2.69. The first-order valence-electron chi connectivity index (χ1n) is 18.6. The van der Waals surface area contributed by atoms with Gasteiger partial charge in [0.25, 0.3) is 14.2 Å². The van der Waals surface area contributed by atoms with Crippen LogP contribution in [0, 0.1) is 6.92 Å². The monoisotopic (exact) mass is 786 g/mol. The Hall–Kier alpha value is -4.63. The van der Waals surface area contributed by atoms with Crippen LogP contribution in [0.5, 0.6) is 5.75 Å². The number of amides is 2. The molecule has 5 rings (SSSR count). The molecular weight excluding hydrogens is 733 g/mol. The summed E-state index contributed by atoms with van der Waals surface area (Å²) in [7, 11) is 1.33. The van der Waals surface area contributed by atoms with Gasteiger partial charge in [0.2, 0.25) is 12.0 Å². The van der Waals surface area contributed by atoms with Gasteiger partial charge in [-0.1, -0.05) is 99.6 Å². The highest BCUT2D eigenvalue weighted by atomic mass is 28.4. The standard InChI is InChI=1S/C43H54N2O10Si/c1-28-17-16-22-32-33(28)23-29(50-7)24-34(32)40(49)55-37(42(5)27-53-42)39(48)44-35(25-46)38(47)45-36(43(6,51-8)52-9)26-54-56(41(2,3)4,30-18-12-10-13-19-30)31-20-14-11-15-21-31/h10-24,35-37,46H,25-27H2,1-9H3,(H,44,48)(H,45,47)/t35-,36-,37-,42-/m1/s1. The third kappa shape index (κ3) is 8.68. The number of benzene rings is 4. The summed E-state index contributed by atoms with van der Waals surface area (Å²) in [6.45, 7) is 11.0. The molecule has 0 radical (unpaired) electrons. The van der Waals surface area contributed by atoms with Crippen LogP contribution in [0.2, 0.25) is 5.04 Å². The molecule has 4 aromatic carbocycles. The zero-order valence-corrected chi connectivity index (χ0v) is 34.6. The van der Waals surface area contributed by atoms with E-state index in [4.69, 9.17) is 28.1 Å². The van der Waals surface area contributed by atoms with Crippen LogP contribution in [0.15, 0.2) is 91.0 Å². The molecule has 1 aliphatic rings. The van der Waals surface area contributed by atoms with Crippen LogP contribution in [0.25, 0.3) is 10.8 Å². The predicted octanol–water partition coefficient (Wildman–Crippen LogP) is 4.02. The summed E-state index contributed by atoms with van der Waals surface area (Å²) in [5, 5.41) is 19.1. The number of methoxy groups -OCH3 is 3. The van der Waals surface area contributed by atoms with E-state index in [1.807, 2.05) is 61.5 Å². The van der Waals surface area contributed by atoms with Gasteiger partial charge in [0.15, 0.2) is 5.79 Å². The molecule has 56 heavy (non-hydrogen) atoms. The normalized spacial score (nSPS) is 17.4. The topological polar surface area (TPSA) is 154 Å². The summed E-state index contributed by atoms with van der Waals surface area (Å²) in [6, 6.07) is 26.6. The molecule has 300 valence electrons. The molecular formula is C43H54N2O10Si. The molecule has 0 unspecified atom stereocenters. The molecule has 0 bridgehead atoms. The minimum absolute atomic E-state index is 0.0522. The Bertz CT molecular complexity index is 1960. The van der Waals surface area contributed by atoms with Crippen molar-refractivity contribution in [2.45, 2.75) is 76.2 Å². The highest BCUT2D eigenvalue weighted by molar-refractivity contribution is 6.99. The number of carbonyl (C=O) groups is 3. The summed E-state index contributed by atoms with van der Waals surface area (Å²) in [5.74, 6) is -3.29. The number of rotatable bonds is 17. The van der Waals surface area contributed by atoms with Gasteiger partial charge in [0.05, 0.1) is 32.5 Å². The number of aliphatic hydroxyl groups is 1. The molecule has 2 amide bonds. The van der Waals surface area contributed by atoms with E-state index in [2.05, 4.69) is 55.7 Å². The Kier molecular flexibility index (Phi) is 13.1. The van der Waals surface area contributed by atoms with Gasteiger partial charge in [0.1, 0.15) is 23.4 Å². The second-order valence-corrected chi connectivity index (χ2v) is 19.7. The quantitative estimate of drug-likeness (QED) is 0.0620. The number of epoxide rings is 1. The fourth-order valence-corrected chi connectivity index (χ4v) is 11.6. The highest BCUT2D eigenvalue weighted by Gasteiger charge is 2.54. The van der Waals surface area contributed by atoms with Gasteiger partial charge in [-0.25, -0.2) is 4.79 Å². The predicted molar refractivity (Wildman–Crippen MR) is 216 cm³/mol. The first kappa shape index (κ1) is 42.5. The van der Waals surface area contributed by atoms with E-state index in [1.54, 1.807) is 26.0 Å². The number of carbonyl (C=O) groups excluding carboxylic acids is 3. The fraction of sp³-hybridized carbons (Fsp3) is 0.419. The maximum absolute atomic E-state index is 14.0. The van der Waals surface area contributed by atoms with Crippen LogP contribution >= 0.6 is 0 Å². The summed E-state index contributed by atoms with van der Waals surface area (Å²) in [6.07, 6.45) is -1.46. The number of nitrogens with one attached hydrogen (secondary N) is 2. The summed E-state index contributed by atoms with van der Waals surface area (Å²) < 4.78 is 35.6. The molecule has 0 saturated carbocycles. The van der Waals surface area contributed by atoms with Crippen molar-refractivity contribution in [2.75, 3.05) is 41.2 Å². The lowest BCUT2D eigenvalue weighted by Gasteiger charge is -2.45. The van der Waals surface area contributed by atoms with Gasteiger partial charge in [-0.05, 0) is 64.7 Å². The van der Waals surface area contributed by atoms with E-state index in [1.165, 1.54) is 21.3 Å². The second-order valence-electron chi connectivity index (χ2n) is 15.4. The third-order valence-corrected chi connectivity index (χ3v) is 15.7. The summed E-state index contributed by atoms with van der Waals surface area (Å²) in [5.41, 5.74) is -0.0338. The van der Waals surface area contributed by atoms with Crippen molar-refractivity contribution in [1.29, 1.82) is 0 Å². The van der Waals surface area contributed by atoms with Crippen molar-refractivity contribution in [3.63, 3.8) is 0 Å². The van der Waals surface area contributed by atoms with Crippen molar-refractivity contribution in [2.24, 2.45) is 0 Å². The van der Waals surface area contributed by atoms with Gasteiger partial charge in [-0.2, -0.15) is 0 Å². The molecule has 4 atom stereocenters. The van der Waals surface area contributed by atoms with Crippen LogP contribution in [-0.4, -0.2) is 102 Å². The molecule has 1 heterocycles. The zero-order chi connectivity index (χ0) is 40.9. The van der Waals surface area contributed by atoms with Crippen molar-refractivity contribution in [1.82, 2.24) is 10.6 Å². The smallest absolute Gasteiger partial charge is 0.339 e. The molecule has 12 nitrogen and oxygen atoms in total. The third-order valence-electron chi connectivity index (χ3n) is 10.7. The average Bonchev–Trinajstić information content (AvgIpc) is 3.95. The Morgan fingerprint density at radius 1 is 0.839 bits per heavy atom. The van der Waals surface area contributed by atoms with Crippen molar-refractivity contribution < 1.29 is 47.6 Å². The molecule has 3 N–H and O–H groups in total. The Balaban J connectivity index is 1.40. The number of hydrogen-bond donors (Lipinski definition) is 3.